The number of nitrogens with zero attached hydrogens (tertiary/aromatic N) is 1. The summed E-state index contributed by atoms with van der Waals surface area (Å²) < 4.78 is 5.42. The van der Waals surface area contributed by atoms with Crippen LogP contribution in [0.5, 0.6) is 5.75 Å². The molecule has 4 heteroatoms. The fourth-order valence-electron chi connectivity index (χ4n) is 2.09. The molecule has 0 aliphatic rings. The first-order chi connectivity index (χ1) is 9.04. The number of aromatic carboxylic acids is 1. The predicted octanol–water partition coefficient (Wildman–Crippen LogP) is 3.07. The Hall–Kier alpha value is -2.36. The van der Waals surface area contributed by atoms with E-state index in [9.17, 15) is 4.79 Å². The van der Waals surface area contributed by atoms with E-state index in [2.05, 4.69) is 4.98 Å². The summed E-state index contributed by atoms with van der Waals surface area (Å²) >= 11 is 0. The Morgan fingerprint density at radius 3 is 2.53 bits per heavy atom. The van der Waals surface area contributed by atoms with Crippen molar-refractivity contribution in [2.75, 3.05) is 7.11 Å². The smallest absolute Gasteiger partial charge is 0.354 e. The van der Waals surface area contributed by atoms with Crippen molar-refractivity contribution in [3.63, 3.8) is 0 Å². The minimum atomic E-state index is -1.02. The molecule has 0 radical (unpaired) electrons. The molecule has 0 saturated heterocycles. The van der Waals surface area contributed by atoms with Gasteiger partial charge in [0.25, 0.3) is 0 Å². The van der Waals surface area contributed by atoms with Crippen LogP contribution < -0.4 is 4.74 Å². The Morgan fingerprint density at radius 1 is 1.21 bits per heavy atom. The lowest BCUT2D eigenvalue weighted by atomic mass is 9.99. The highest BCUT2D eigenvalue weighted by molar-refractivity contribution is 5.86. The Bertz CT molecular complexity index is 635. The molecule has 0 aliphatic heterocycles. The van der Waals surface area contributed by atoms with Gasteiger partial charge in [-0.25, -0.2) is 9.78 Å². The summed E-state index contributed by atoms with van der Waals surface area (Å²) in [7, 11) is 1.63. The third-order valence-corrected chi connectivity index (χ3v) is 3.04. The average molecular weight is 257 g/mol. The topological polar surface area (TPSA) is 59.4 Å². The van der Waals surface area contributed by atoms with E-state index in [-0.39, 0.29) is 5.69 Å². The van der Waals surface area contributed by atoms with Crippen LogP contribution >= 0.6 is 0 Å². The molecule has 1 N–H and O–H groups in total. The number of carboxylic acid groups (broad SMARTS) is 1. The van der Waals surface area contributed by atoms with E-state index in [1.165, 1.54) is 0 Å². The lowest BCUT2D eigenvalue weighted by Gasteiger charge is -2.13. The summed E-state index contributed by atoms with van der Waals surface area (Å²) in [6.07, 6.45) is 1.58. The van der Waals surface area contributed by atoms with E-state index in [1.807, 2.05) is 32.0 Å². The molecular weight excluding hydrogens is 242 g/mol. The summed E-state index contributed by atoms with van der Waals surface area (Å²) in [6, 6.07) is 7.42. The number of hydrogen-bond donors (Lipinski definition) is 1. The molecule has 1 aromatic heterocycles. The molecule has 19 heavy (non-hydrogen) atoms. The molecule has 98 valence electrons. The van der Waals surface area contributed by atoms with Gasteiger partial charge in [-0.1, -0.05) is 18.2 Å². The zero-order chi connectivity index (χ0) is 14.0. The predicted molar refractivity (Wildman–Crippen MR) is 72.7 cm³/mol. The molecule has 4 nitrogen and oxygen atoms in total. The van der Waals surface area contributed by atoms with Gasteiger partial charge in [0.05, 0.1) is 7.11 Å². The third kappa shape index (κ3) is 2.42. The summed E-state index contributed by atoms with van der Waals surface area (Å²) in [6.45, 7) is 3.84. The minimum Gasteiger partial charge on any atom is -0.496 e. The first-order valence-corrected chi connectivity index (χ1v) is 5.88. The maximum atomic E-state index is 10.9. The second-order valence-electron chi connectivity index (χ2n) is 4.35. The van der Waals surface area contributed by atoms with Gasteiger partial charge in [0, 0.05) is 17.3 Å². The van der Waals surface area contributed by atoms with Crippen LogP contribution in [-0.2, 0) is 0 Å². The highest BCUT2D eigenvalue weighted by Gasteiger charge is 2.13. The molecule has 0 fully saturated rings. The van der Waals surface area contributed by atoms with E-state index in [0.717, 1.165) is 28.0 Å². The molecule has 0 saturated carbocycles. The van der Waals surface area contributed by atoms with Crippen LogP contribution in [0.1, 0.15) is 21.6 Å². The summed E-state index contributed by atoms with van der Waals surface area (Å²) in [5, 5.41) is 8.93. The quantitative estimate of drug-likeness (QED) is 0.918. The van der Waals surface area contributed by atoms with E-state index in [4.69, 9.17) is 9.84 Å². The Balaban J connectivity index is 2.60. The van der Waals surface area contributed by atoms with Crippen LogP contribution in [0.25, 0.3) is 11.1 Å². The first-order valence-electron chi connectivity index (χ1n) is 5.88. The SMILES string of the molecule is COc1c(C)cccc1-c1cnc(C(=O)O)cc1C. The van der Waals surface area contributed by atoms with Gasteiger partial charge in [-0.3, -0.25) is 0 Å². The van der Waals surface area contributed by atoms with Gasteiger partial charge in [0.2, 0.25) is 0 Å². The normalized spacial score (nSPS) is 10.3. The monoisotopic (exact) mass is 257 g/mol. The zero-order valence-electron chi connectivity index (χ0n) is 11.1. The number of benzene rings is 1. The van der Waals surface area contributed by atoms with Crippen molar-refractivity contribution in [3.05, 3.63) is 47.3 Å². The first kappa shape index (κ1) is 13.1. The van der Waals surface area contributed by atoms with Crippen molar-refractivity contribution in [1.82, 2.24) is 4.98 Å². The number of rotatable bonds is 3. The fourth-order valence-corrected chi connectivity index (χ4v) is 2.09. The van der Waals surface area contributed by atoms with Gasteiger partial charge < -0.3 is 9.84 Å². The van der Waals surface area contributed by atoms with Gasteiger partial charge in [0.15, 0.2) is 0 Å². The number of aromatic nitrogens is 1. The third-order valence-electron chi connectivity index (χ3n) is 3.04. The number of para-hydroxylation sites is 1. The van der Waals surface area contributed by atoms with Gasteiger partial charge in [-0.05, 0) is 31.0 Å². The number of pyridine rings is 1. The van der Waals surface area contributed by atoms with Crippen LogP contribution in [0.15, 0.2) is 30.5 Å². The number of ether oxygens (including phenoxy) is 1. The Morgan fingerprint density at radius 2 is 1.95 bits per heavy atom. The van der Waals surface area contributed by atoms with E-state index < -0.39 is 5.97 Å². The molecule has 0 amide bonds. The number of hydrogen-bond acceptors (Lipinski definition) is 3. The number of carboxylic acids is 1. The van der Waals surface area contributed by atoms with E-state index in [0.29, 0.717) is 0 Å². The van der Waals surface area contributed by atoms with Crippen molar-refractivity contribution >= 4 is 5.97 Å². The lowest BCUT2D eigenvalue weighted by molar-refractivity contribution is 0.0690. The van der Waals surface area contributed by atoms with Gasteiger partial charge in [-0.15, -0.1) is 0 Å². The maximum absolute atomic E-state index is 10.9. The fraction of sp³-hybridized carbons (Fsp3) is 0.200. The van der Waals surface area contributed by atoms with Crippen LogP contribution in [0, 0.1) is 13.8 Å². The Labute approximate surface area is 111 Å². The van der Waals surface area contributed by atoms with Crippen LogP contribution in [0.4, 0.5) is 0 Å². The van der Waals surface area contributed by atoms with Crippen LogP contribution in [0.2, 0.25) is 0 Å². The average Bonchev–Trinajstić information content (AvgIpc) is 2.38. The van der Waals surface area contributed by atoms with E-state index in [1.54, 1.807) is 19.4 Å². The molecule has 0 aliphatic carbocycles. The second kappa shape index (κ2) is 5.10. The highest BCUT2D eigenvalue weighted by atomic mass is 16.5. The number of carbonyl (C=O) groups is 1. The maximum Gasteiger partial charge on any atom is 0.354 e. The van der Waals surface area contributed by atoms with Crippen LogP contribution in [0.3, 0.4) is 0 Å². The lowest BCUT2D eigenvalue weighted by Crippen LogP contribution is -2.01. The molecule has 2 aromatic rings. The van der Waals surface area contributed by atoms with Crippen molar-refractivity contribution in [2.45, 2.75) is 13.8 Å². The van der Waals surface area contributed by atoms with Crippen LogP contribution in [-0.4, -0.2) is 23.2 Å². The molecule has 0 atom stereocenters. The molecule has 1 aromatic carbocycles. The Kier molecular flexibility index (Phi) is 3.51. The summed E-state index contributed by atoms with van der Waals surface area (Å²) in [4.78, 5) is 14.9. The van der Waals surface area contributed by atoms with Crippen molar-refractivity contribution in [1.29, 1.82) is 0 Å². The summed E-state index contributed by atoms with van der Waals surface area (Å²) in [5.41, 5.74) is 3.74. The molecule has 0 bridgehead atoms. The van der Waals surface area contributed by atoms with Crippen molar-refractivity contribution in [2.24, 2.45) is 0 Å². The molecule has 2 rings (SSSR count). The van der Waals surface area contributed by atoms with Gasteiger partial charge in [-0.2, -0.15) is 0 Å². The number of methoxy groups -OCH3 is 1. The molecule has 1 heterocycles. The molecule has 0 spiro atoms. The minimum absolute atomic E-state index is 0.0490. The zero-order valence-corrected chi connectivity index (χ0v) is 11.1. The molecular formula is C15H15NO3. The van der Waals surface area contributed by atoms with Crippen molar-refractivity contribution in [3.8, 4) is 16.9 Å². The summed E-state index contributed by atoms with van der Waals surface area (Å²) in [5.74, 6) is -0.235. The highest BCUT2D eigenvalue weighted by Crippen LogP contribution is 2.34. The second-order valence-corrected chi connectivity index (χ2v) is 4.35. The van der Waals surface area contributed by atoms with Crippen molar-refractivity contribution < 1.29 is 14.6 Å². The molecule has 0 unspecified atom stereocenters. The van der Waals surface area contributed by atoms with Gasteiger partial charge in [0.1, 0.15) is 11.4 Å². The largest absolute Gasteiger partial charge is 0.496 e. The van der Waals surface area contributed by atoms with Gasteiger partial charge >= 0.3 is 5.97 Å². The number of aryl methyl sites for hydroxylation is 2. The standard InChI is InChI=1S/C15H15NO3/c1-9-5-4-6-11(14(9)19-3)12-8-16-13(15(17)18)7-10(12)2/h4-8H,1-3H3,(H,17,18). The van der Waals surface area contributed by atoms with E-state index >= 15 is 0 Å².